The quantitative estimate of drug-likeness (QED) is 0.521. The van der Waals surface area contributed by atoms with Crippen LogP contribution in [0, 0.1) is 5.92 Å². The third-order valence-corrected chi connectivity index (χ3v) is 3.38. The van der Waals surface area contributed by atoms with E-state index < -0.39 is 0 Å². The van der Waals surface area contributed by atoms with Gasteiger partial charge in [-0.05, 0) is 12.8 Å². The van der Waals surface area contributed by atoms with Crippen molar-refractivity contribution in [2.24, 2.45) is 5.92 Å². The minimum absolute atomic E-state index is 0.125. The second-order valence-corrected chi connectivity index (χ2v) is 4.86. The van der Waals surface area contributed by atoms with Crippen molar-refractivity contribution in [2.45, 2.75) is 26.2 Å². The van der Waals surface area contributed by atoms with Crippen molar-refractivity contribution in [1.29, 1.82) is 0 Å². The number of hydrogen-bond donors (Lipinski definition) is 0. The van der Waals surface area contributed by atoms with Crippen LogP contribution in [0.5, 0.6) is 0 Å². The molecular weight excluding hydrogens is 248 g/mol. The Balaban J connectivity index is 1.73. The van der Waals surface area contributed by atoms with Gasteiger partial charge in [-0.25, -0.2) is 0 Å². The molecule has 2 rings (SSSR count). The Morgan fingerprint density at radius 1 is 1.00 bits per heavy atom. The van der Waals surface area contributed by atoms with Crippen molar-refractivity contribution < 1.29 is 19.2 Å². The van der Waals surface area contributed by atoms with Crippen molar-refractivity contribution in [3.05, 3.63) is 12.2 Å². The smallest absolute Gasteiger partial charge is 0.253 e. The summed E-state index contributed by atoms with van der Waals surface area (Å²) in [7, 11) is 0. The van der Waals surface area contributed by atoms with E-state index in [1.165, 1.54) is 17.1 Å². The zero-order valence-corrected chi connectivity index (χ0v) is 10.8. The molecule has 1 unspecified atom stereocenters. The molecule has 0 bridgehead atoms. The first-order chi connectivity index (χ1) is 9.00. The molecule has 19 heavy (non-hydrogen) atoms. The van der Waals surface area contributed by atoms with Gasteiger partial charge in [0.25, 0.3) is 11.8 Å². The molecule has 2 heterocycles. The van der Waals surface area contributed by atoms with E-state index in [0.29, 0.717) is 25.9 Å². The highest BCUT2D eigenvalue weighted by Gasteiger charge is 2.34. The van der Waals surface area contributed by atoms with E-state index in [1.54, 1.807) is 6.92 Å². The zero-order chi connectivity index (χ0) is 14.0. The first-order valence-electron chi connectivity index (χ1n) is 6.38. The highest BCUT2D eigenvalue weighted by atomic mass is 16.2. The van der Waals surface area contributed by atoms with Crippen LogP contribution in [0.2, 0.25) is 0 Å². The van der Waals surface area contributed by atoms with Crippen LogP contribution >= 0.6 is 0 Å². The molecule has 0 aromatic carbocycles. The first kappa shape index (κ1) is 13.5. The van der Waals surface area contributed by atoms with E-state index >= 15 is 0 Å². The number of rotatable bonds is 5. The predicted octanol–water partition coefficient (Wildman–Crippen LogP) is 0.0866. The Kier molecular flexibility index (Phi) is 3.78. The molecule has 0 N–H and O–H groups in total. The molecule has 6 heteroatoms. The van der Waals surface area contributed by atoms with Gasteiger partial charge >= 0.3 is 0 Å². The molecule has 0 aliphatic carbocycles. The van der Waals surface area contributed by atoms with Crippen LogP contribution in [0.3, 0.4) is 0 Å². The van der Waals surface area contributed by atoms with Gasteiger partial charge in [-0.3, -0.25) is 29.0 Å². The molecule has 1 atom stereocenters. The van der Waals surface area contributed by atoms with Gasteiger partial charge in [-0.2, -0.15) is 0 Å². The van der Waals surface area contributed by atoms with Crippen LogP contribution in [-0.2, 0) is 19.2 Å². The monoisotopic (exact) mass is 264 g/mol. The molecule has 0 aromatic heterocycles. The van der Waals surface area contributed by atoms with E-state index in [1.807, 2.05) is 0 Å². The standard InChI is InChI=1S/C13H16N2O4/c1-9-8-12(18)15(13(9)19)7-3-2-6-14-10(16)4-5-11(14)17/h4-5,9H,2-3,6-8H2,1H3. The predicted molar refractivity (Wildman–Crippen MR) is 65.6 cm³/mol. The second kappa shape index (κ2) is 5.34. The summed E-state index contributed by atoms with van der Waals surface area (Å²) in [5.74, 6) is -1.08. The molecule has 2 aliphatic rings. The molecule has 0 spiro atoms. The van der Waals surface area contributed by atoms with E-state index in [0.717, 1.165) is 4.90 Å². The van der Waals surface area contributed by atoms with Crippen LogP contribution in [0.15, 0.2) is 12.2 Å². The molecule has 0 radical (unpaired) electrons. The minimum Gasteiger partial charge on any atom is -0.282 e. The van der Waals surface area contributed by atoms with Crippen molar-refractivity contribution in [1.82, 2.24) is 9.80 Å². The molecular formula is C13H16N2O4. The Hall–Kier alpha value is -1.98. The first-order valence-corrected chi connectivity index (χ1v) is 6.38. The molecule has 2 aliphatic heterocycles. The highest BCUT2D eigenvalue weighted by Crippen LogP contribution is 2.19. The van der Waals surface area contributed by atoms with Crippen LogP contribution in [0.25, 0.3) is 0 Å². The molecule has 102 valence electrons. The van der Waals surface area contributed by atoms with Crippen LogP contribution in [0.1, 0.15) is 26.2 Å². The zero-order valence-electron chi connectivity index (χ0n) is 10.8. The summed E-state index contributed by atoms with van der Waals surface area (Å²) < 4.78 is 0. The van der Waals surface area contributed by atoms with Gasteiger partial charge in [-0.1, -0.05) is 6.92 Å². The van der Waals surface area contributed by atoms with E-state index in [-0.39, 0.29) is 36.0 Å². The maximum Gasteiger partial charge on any atom is 0.253 e. The van der Waals surface area contributed by atoms with Crippen LogP contribution in [0.4, 0.5) is 0 Å². The maximum absolute atomic E-state index is 11.6. The normalized spacial score (nSPS) is 23.1. The number of carbonyl (C=O) groups excluding carboxylic acids is 4. The SMILES string of the molecule is CC1CC(=O)N(CCCCN2C(=O)C=CC2=O)C1=O. The summed E-state index contributed by atoms with van der Waals surface area (Å²) in [5.41, 5.74) is 0. The lowest BCUT2D eigenvalue weighted by atomic mass is 10.1. The van der Waals surface area contributed by atoms with Gasteiger partial charge < -0.3 is 0 Å². The van der Waals surface area contributed by atoms with Gasteiger partial charge in [0.05, 0.1) is 0 Å². The largest absolute Gasteiger partial charge is 0.282 e. The molecule has 1 saturated heterocycles. The summed E-state index contributed by atoms with van der Waals surface area (Å²) in [6.07, 6.45) is 3.97. The lowest BCUT2D eigenvalue weighted by molar-refractivity contribution is -0.140. The summed E-state index contributed by atoms with van der Waals surface area (Å²) in [6.45, 7) is 2.44. The third kappa shape index (κ3) is 2.72. The Bertz CT molecular complexity index is 451. The number of carbonyl (C=O) groups is 4. The number of hydrogen-bond acceptors (Lipinski definition) is 4. The molecule has 6 nitrogen and oxygen atoms in total. The third-order valence-electron chi connectivity index (χ3n) is 3.38. The Morgan fingerprint density at radius 2 is 1.53 bits per heavy atom. The fourth-order valence-electron chi connectivity index (χ4n) is 2.27. The Morgan fingerprint density at radius 3 is 2.00 bits per heavy atom. The summed E-state index contributed by atoms with van der Waals surface area (Å²) in [4.78, 5) is 48.2. The number of amides is 4. The lowest BCUT2D eigenvalue weighted by Gasteiger charge is -2.16. The van der Waals surface area contributed by atoms with E-state index in [9.17, 15) is 19.2 Å². The lowest BCUT2D eigenvalue weighted by Crippen LogP contribution is -2.33. The van der Waals surface area contributed by atoms with Crippen molar-refractivity contribution >= 4 is 23.6 Å². The summed E-state index contributed by atoms with van der Waals surface area (Å²) in [5, 5.41) is 0. The van der Waals surface area contributed by atoms with E-state index in [2.05, 4.69) is 0 Å². The number of imide groups is 2. The van der Waals surface area contributed by atoms with Crippen LogP contribution < -0.4 is 0 Å². The van der Waals surface area contributed by atoms with Gasteiger partial charge in [0.1, 0.15) is 0 Å². The van der Waals surface area contributed by atoms with Crippen LogP contribution in [-0.4, -0.2) is 46.5 Å². The fraction of sp³-hybridized carbons (Fsp3) is 0.538. The van der Waals surface area contributed by atoms with Gasteiger partial charge in [0.2, 0.25) is 11.8 Å². The average molecular weight is 264 g/mol. The number of nitrogens with zero attached hydrogens (tertiary/aromatic N) is 2. The molecule has 1 fully saturated rings. The topological polar surface area (TPSA) is 74.8 Å². The minimum atomic E-state index is -0.299. The number of likely N-dealkylation sites (tertiary alicyclic amines) is 1. The maximum atomic E-state index is 11.6. The van der Waals surface area contributed by atoms with Gasteiger partial charge in [0.15, 0.2) is 0 Å². The molecule has 0 aromatic rings. The van der Waals surface area contributed by atoms with Crippen molar-refractivity contribution in [3.63, 3.8) is 0 Å². The average Bonchev–Trinajstić information content (AvgIpc) is 2.80. The number of unbranched alkanes of at least 4 members (excludes halogenated alkanes) is 1. The second-order valence-electron chi connectivity index (χ2n) is 4.86. The highest BCUT2D eigenvalue weighted by molar-refractivity contribution is 6.12. The van der Waals surface area contributed by atoms with Crippen molar-refractivity contribution in [2.75, 3.05) is 13.1 Å². The van der Waals surface area contributed by atoms with E-state index in [4.69, 9.17) is 0 Å². The summed E-state index contributed by atoms with van der Waals surface area (Å²) in [6, 6.07) is 0. The van der Waals surface area contributed by atoms with Gasteiger partial charge in [0, 0.05) is 37.6 Å². The Labute approximate surface area is 111 Å². The summed E-state index contributed by atoms with van der Waals surface area (Å²) >= 11 is 0. The van der Waals surface area contributed by atoms with Crippen molar-refractivity contribution in [3.8, 4) is 0 Å². The fourth-order valence-corrected chi connectivity index (χ4v) is 2.27. The molecule has 0 saturated carbocycles. The molecule has 4 amide bonds. The van der Waals surface area contributed by atoms with Gasteiger partial charge in [-0.15, -0.1) is 0 Å².